The lowest BCUT2D eigenvalue weighted by atomic mass is 10.1. The molecule has 1 heterocycles. The van der Waals surface area contributed by atoms with Gasteiger partial charge in [-0.3, -0.25) is 4.79 Å². The van der Waals surface area contributed by atoms with Gasteiger partial charge in [-0.15, -0.1) is 10.2 Å². The molecule has 0 aliphatic heterocycles. The summed E-state index contributed by atoms with van der Waals surface area (Å²) in [5, 5.41) is 10.5. The molecule has 0 saturated heterocycles. The van der Waals surface area contributed by atoms with Crippen LogP contribution in [-0.4, -0.2) is 31.6 Å². The highest BCUT2D eigenvalue weighted by molar-refractivity contribution is 7.89. The highest BCUT2D eigenvalue weighted by Crippen LogP contribution is 2.13. The average molecular weight is 326 g/mol. The summed E-state index contributed by atoms with van der Waals surface area (Å²) >= 11 is 1.25. The first-order chi connectivity index (χ1) is 10.0. The van der Waals surface area contributed by atoms with E-state index in [1.54, 1.807) is 12.1 Å². The number of anilines is 1. The van der Waals surface area contributed by atoms with Gasteiger partial charge in [0.2, 0.25) is 21.1 Å². The maximum absolute atomic E-state index is 11.7. The number of nitrogens with one attached hydrogen (secondary N) is 2. The number of hydrogen-bond donors (Lipinski definition) is 2. The number of amides is 1. The van der Waals surface area contributed by atoms with Crippen molar-refractivity contribution in [3.05, 3.63) is 35.3 Å². The standard InChI is InChI=1S/C12H14N4O3S2/c1-13-21(18,19)10-5-2-9(3-6-10)4-7-11(17)15-12-16-14-8-20-12/h2-3,5-6,8,13H,4,7H2,1H3,(H,15,16,17). The van der Waals surface area contributed by atoms with Crippen LogP contribution in [0.3, 0.4) is 0 Å². The Hall–Kier alpha value is -1.84. The zero-order valence-electron chi connectivity index (χ0n) is 11.2. The molecule has 0 saturated carbocycles. The molecular weight excluding hydrogens is 312 g/mol. The Morgan fingerprint density at radius 2 is 2.00 bits per heavy atom. The second-order valence-electron chi connectivity index (χ2n) is 4.14. The topological polar surface area (TPSA) is 101 Å². The minimum atomic E-state index is -3.42. The fourth-order valence-electron chi connectivity index (χ4n) is 1.62. The number of aryl methyl sites for hydroxylation is 1. The predicted molar refractivity (Wildman–Crippen MR) is 79.5 cm³/mol. The van der Waals surface area contributed by atoms with E-state index in [1.165, 1.54) is 36.0 Å². The van der Waals surface area contributed by atoms with Crippen LogP contribution in [0.2, 0.25) is 0 Å². The lowest BCUT2D eigenvalue weighted by Gasteiger charge is -2.05. The number of aromatic nitrogens is 2. The highest BCUT2D eigenvalue weighted by Gasteiger charge is 2.11. The van der Waals surface area contributed by atoms with E-state index in [1.807, 2.05) is 0 Å². The number of carbonyl (C=O) groups excluding carboxylic acids is 1. The molecule has 112 valence electrons. The first kappa shape index (κ1) is 15.5. The molecule has 0 spiro atoms. The zero-order valence-corrected chi connectivity index (χ0v) is 12.9. The number of benzene rings is 1. The maximum Gasteiger partial charge on any atom is 0.240 e. The molecule has 1 aromatic heterocycles. The Kier molecular flexibility index (Phi) is 4.99. The van der Waals surface area contributed by atoms with Crippen LogP contribution in [-0.2, 0) is 21.2 Å². The van der Waals surface area contributed by atoms with Gasteiger partial charge in [0.25, 0.3) is 0 Å². The minimum Gasteiger partial charge on any atom is -0.301 e. The van der Waals surface area contributed by atoms with Crippen LogP contribution in [0.5, 0.6) is 0 Å². The third-order valence-electron chi connectivity index (χ3n) is 2.75. The molecule has 0 aliphatic carbocycles. The SMILES string of the molecule is CNS(=O)(=O)c1ccc(CCC(=O)Nc2nncs2)cc1. The van der Waals surface area contributed by atoms with E-state index < -0.39 is 10.0 Å². The van der Waals surface area contributed by atoms with Crippen molar-refractivity contribution in [1.29, 1.82) is 0 Å². The van der Waals surface area contributed by atoms with E-state index in [9.17, 15) is 13.2 Å². The summed E-state index contributed by atoms with van der Waals surface area (Å²) in [7, 11) is -2.06. The molecule has 2 aromatic rings. The molecule has 0 aliphatic rings. The molecule has 9 heteroatoms. The van der Waals surface area contributed by atoms with Crippen LogP contribution >= 0.6 is 11.3 Å². The molecule has 0 fully saturated rings. The Labute approximate surface area is 126 Å². The van der Waals surface area contributed by atoms with Crippen molar-refractivity contribution in [1.82, 2.24) is 14.9 Å². The van der Waals surface area contributed by atoms with Crippen LogP contribution in [0.1, 0.15) is 12.0 Å². The van der Waals surface area contributed by atoms with Crippen molar-refractivity contribution >= 4 is 32.4 Å². The van der Waals surface area contributed by atoms with Crippen molar-refractivity contribution in [2.24, 2.45) is 0 Å². The van der Waals surface area contributed by atoms with Crippen molar-refractivity contribution < 1.29 is 13.2 Å². The minimum absolute atomic E-state index is 0.154. The van der Waals surface area contributed by atoms with E-state index >= 15 is 0 Å². The van der Waals surface area contributed by atoms with Crippen molar-refractivity contribution in [3.63, 3.8) is 0 Å². The van der Waals surface area contributed by atoms with Crippen LogP contribution in [0.4, 0.5) is 5.13 Å². The first-order valence-electron chi connectivity index (χ1n) is 6.10. The number of rotatable bonds is 6. The molecule has 0 atom stereocenters. The number of sulfonamides is 1. The molecule has 1 amide bonds. The van der Waals surface area contributed by atoms with Crippen LogP contribution < -0.4 is 10.0 Å². The molecule has 0 radical (unpaired) electrons. The summed E-state index contributed by atoms with van der Waals surface area (Å²) in [6.45, 7) is 0. The Bertz CT molecular complexity index is 697. The first-order valence-corrected chi connectivity index (χ1v) is 8.46. The third-order valence-corrected chi connectivity index (χ3v) is 4.79. The molecule has 0 unspecified atom stereocenters. The second-order valence-corrected chi connectivity index (χ2v) is 6.86. The Balaban J connectivity index is 1.90. The van der Waals surface area contributed by atoms with Gasteiger partial charge in [0, 0.05) is 6.42 Å². The van der Waals surface area contributed by atoms with Crippen molar-refractivity contribution in [2.45, 2.75) is 17.7 Å². The van der Waals surface area contributed by atoms with E-state index in [4.69, 9.17) is 0 Å². The molecule has 1 aromatic carbocycles. The van der Waals surface area contributed by atoms with Gasteiger partial charge >= 0.3 is 0 Å². The van der Waals surface area contributed by atoms with Crippen molar-refractivity contribution in [2.75, 3.05) is 12.4 Å². The Morgan fingerprint density at radius 3 is 2.57 bits per heavy atom. The fourth-order valence-corrected chi connectivity index (χ4v) is 2.81. The molecule has 21 heavy (non-hydrogen) atoms. The second kappa shape index (κ2) is 6.74. The molecule has 2 N–H and O–H groups in total. The van der Waals surface area contributed by atoms with Gasteiger partial charge in [-0.1, -0.05) is 23.5 Å². The molecular formula is C12H14N4O3S2. The van der Waals surface area contributed by atoms with Gasteiger partial charge < -0.3 is 5.32 Å². The zero-order chi connectivity index (χ0) is 15.3. The van der Waals surface area contributed by atoms with Crippen LogP contribution in [0, 0.1) is 0 Å². The lowest BCUT2D eigenvalue weighted by Crippen LogP contribution is -2.18. The lowest BCUT2D eigenvalue weighted by molar-refractivity contribution is -0.116. The van der Waals surface area contributed by atoms with Gasteiger partial charge in [0.15, 0.2) is 0 Å². The van der Waals surface area contributed by atoms with Crippen LogP contribution in [0.25, 0.3) is 0 Å². The molecule has 2 rings (SSSR count). The number of hydrogen-bond acceptors (Lipinski definition) is 6. The number of carbonyl (C=O) groups is 1. The third kappa shape index (κ3) is 4.31. The normalized spacial score (nSPS) is 11.3. The van der Waals surface area contributed by atoms with Crippen molar-refractivity contribution in [3.8, 4) is 0 Å². The summed E-state index contributed by atoms with van der Waals surface area (Å²) in [5.41, 5.74) is 2.42. The van der Waals surface area contributed by atoms with Gasteiger partial charge in [-0.05, 0) is 31.2 Å². The van der Waals surface area contributed by atoms with E-state index in [2.05, 4.69) is 20.2 Å². The summed E-state index contributed by atoms with van der Waals surface area (Å²) in [6, 6.07) is 6.43. The summed E-state index contributed by atoms with van der Waals surface area (Å²) in [4.78, 5) is 11.9. The average Bonchev–Trinajstić information content (AvgIpc) is 2.98. The van der Waals surface area contributed by atoms with E-state index in [-0.39, 0.29) is 17.2 Å². The van der Waals surface area contributed by atoms with Gasteiger partial charge in [-0.2, -0.15) is 0 Å². The smallest absolute Gasteiger partial charge is 0.240 e. The summed E-state index contributed by atoms with van der Waals surface area (Å²) in [6.07, 6.45) is 0.808. The number of nitrogens with zero attached hydrogens (tertiary/aromatic N) is 2. The highest BCUT2D eigenvalue weighted by atomic mass is 32.2. The summed E-state index contributed by atoms with van der Waals surface area (Å²) in [5.74, 6) is -0.154. The monoisotopic (exact) mass is 326 g/mol. The molecule has 0 bridgehead atoms. The largest absolute Gasteiger partial charge is 0.301 e. The summed E-state index contributed by atoms with van der Waals surface area (Å²) < 4.78 is 25.4. The van der Waals surface area contributed by atoms with E-state index in [0.29, 0.717) is 11.6 Å². The quantitative estimate of drug-likeness (QED) is 0.825. The van der Waals surface area contributed by atoms with Gasteiger partial charge in [-0.25, -0.2) is 13.1 Å². The van der Waals surface area contributed by atoms with E-state index in [0.717, 1.165) is 5.56 Å². The predicted octanol–water partition coefficient (Wildman–Crippen LogP) is 1.02. The Morgan fingerprint density at radius 1 is 1.29 bits per heavy atom. The fraction of sp³-hybridized carbons (Fsp3) is 0.250. The maximum atomic E-state index is 11.7. The van der Waals surface area contributed by atoms with Gasteiger partial charge in [0.05, 0.1) is 4.90 Å². The van der Waals surface area contributed by atoms with Gasteiger partial charge in [0.1, 0.15) is 5.51 Å². The van der Waals surface area contributed by atoms with Crippen LogP contribution in [0.15, 0.2) is 34.7 Å². The molecule has 7 nitrogen and oxygen atoms in total.